The lowest BCUT2D eigenvalue weighted by molar-refractivity contribution is 0.261. The first-order valence-electron chi connectivity index (χ1n) is 10.3. The number of nitrogens with zero attached hydrogens (tertiary/aromatic N) is 4. The van der Waals surface area contributed by atoms with Gasteiger partial charge in [-0.1, -0.05) is 25.1 Å². The molecule has 0 amide bonds. The van der Waals surface area contributed by atoms with Crippen molar-refractivity contribution in [2.24, 2.45) is 12.0 Å². The molecular weight excluding hydrogens is 523 g/mol. The molecule has 2 atom stereocenters. The van der Waals surface area contributed by atoms with E-state index in [-0.39, 0.29) is 30.0 Å². The van der Waals surface area contributed by atoms with Gasteiger partial charge in [-0.25, -0.2) is 4.99 Å². The lowest BCUT2D eigenvalue weighted by Crippen LogP contribution is -2.42. The van der Waals surface area contributed by atoms with E-state index in [9.17, 15) is 0 Å². The Kier molecular flexibility index (Phi) is 8.30. The minimum atomic E-state index is 0. The van der Waals surface area contributed by atoms with Crippen molar-refractivity contribution < 1.29 is 4.74 Å². The van der Waals surface area contributed by atoms with Crippen LogP contribution in [0.1, 0.15) is 48.1 Å². The number of fused-ring (bicyclic) bond motifs is 1. The minimum absolute atomic E-state index is 0. The van der Waals surface area contributed by atoms with Gasteiger partial charge in [0.25, 0.3) is 0 Å². The molecule has 4 rings (SSSR count). The highest BCUT2D eigenvalue weighted by atomic mass is 127. The summed E-state index contributed by atoms with van der Waals surface area (Å²) in [6, 6.07) is 10.5. The third-order valence-electron chi connectivity index (χ3n) is 5.52. The Morgan fingerprint density at radius 2 is 2.16 bits per heavy atom. The molecule has 2 unspecified atom stereocenters. The monoisotopic (exact) mass is 552 g/mol. The third kappa shape index (κ3) is 5.76. The number of aryl methyl sites for hydroxylation is 1. The fourth-order valence-electron chi connectivity index (χ4n) is 3.47. The summed E-state index contributed by atoms with van der Waals surface area (Å²) < 4.78 is 7.78. The molecule has 0 fully saturated rings. The maximum Gasteiger partial charge on any atom is 0.192 e. The van der Waals surface area contributed by atoms with Crippen LogP contribution in [0.15, 0.2) is 46.1 Å². The number of nitrogens with one attached hydrogen (secondary N) is 2. The number of aliphatic imine (C=N–C) groups is 1. The predicted octanol–water partition coefficient (Wildman–Crippen LogP) is 4.17. The van der Waals surface area contributed by atoms with Crippen molar-refractivity contribution in [2.75, 3.05) is 13.2 Å². The SMILES string of the molecule is Cc1nnc(CN=C(NCC(C)c2ccsc2)NC2CCOc3ccccc32)n1C.I. The van der Waals surface area contributed by atoms with Crippen molar-refractivity contribution in [2.45, 2.75) is 38.8 Å². The van der Waals surface area contributed by atoms with Gasteiger partial charge in [-0.15, -0.1) is 34.2 Å². The zero-order valence-electron chi connectivity index (χ0n) is 18.0. The molecule has 0 bridgehead atoms. The average Bonchev–Trinajstić information content (AvgIpc) is 3.41. The quantitative estimate of drug-likeness (QED) is 0.273. The first kappa shape index (κ1) is 23.5. The normalized spacial score (nSPS) is 16.6. The van der Waals surface area contributed by atoms with Gasteiger partial charge >= 0.3 is 0 Å². The molecule has 2 aromatic heterocycles. The van der Waals surface area contributed by atoms with Gasteiger partial charge in [-0.3, -0.25) is 0 Å². The van der Waals surface area contributed by atoms with Crippen LogP contribution < -0.4 is 15.4 Å². The summed E-state index contributed by atoms with van der Waals surface area (Å²) in [5.74, 6) is 3.83. The molecule has 0 saturated heterocycles. The van der Waals surface area contributed by atoms with Gasteiger partial charge in [0.1, 0.15) is 18.1 Å². The summed E-state index contributed by atoms with van der Waals surface area (Å²) in [6.07, 6.45) is 0.890. The maximum absolute atomic E-state index is 5.81. The van der Waals surface area contributed by atoms with Gasteiger partial charge in [0.15, 0.2) is 11.8 Å². The number of halogens is 1. The van der Waals surface area contributed by atoms with Crippen molar-refractivity contribution in [1.29, 1.82) is 0 Å². The highest BCUT2D eigenvalue weighted by Crippen LogP contribution is 2.31. The molecule has 7 nitrogen and oxygen atoms in total. The van der Waals surface area contributed by atoms with Crippen molar-refractivity contribution >= 4 is 41.3 Å². The molecule has 31 heavy (non-hydrogen) atoms. The van der Waals surface area contributed by atoms with Crippen molar-refractivity contribution in [1.82, 2.24) is 25.4 Å². The largest absolute Gasteiger partial charge is 0.493 e. The Morgan fingerprint density at radius 3 is 2.90 bits per heavy atom. The molecule has 1 aliphatic rings. The van der Waals surface area contributed by atoms with Crippen LogP contribution in [-0.2, 0) is 13.6 Å². The molecular formula is C22H29IN6OS. The first-order chi connectivity index (χ1) is 14.6. The summed E-state index contributed by atoms with van der Waals surface area (Å²) in [5.41, 5.74) is 2.51. The molecule has 1 aromatic carbocycles. The number of para-hydroxylation sites is 1. The molecule has 9 heteroatoms. The molecule has 0 radical (unpaired) electrons. The van der Waals surface area contributed by atoms with E-state index in [1.54, 1.807) is 11.3 Å². The number of aromatic nitrogens is 3. The van der Waals surface area contributed by atoms with Crippen LogP contribution in [0.25, 0.3) is 0 Å². The maximum atomic E-state index is 5.81. The Balaban J connectivity index is 0.00000272. The van der Waals surface area contributed by atoms with Gasteiger partial charge in [0.05, 0.1) is 12.6 Å². The van der Waals surface area contributed by atoms with Crippen molar-refractivity contribution in [3.63, 3.8) is 0 Å². The first-order valence-corrected chi connectivity index (χ1v) is 11.2. The van der Waals surface area contributed by atoms with Crippen molar-refractivity contribution in [3.05, 3.63) is 63.9 Å². The summed E-state index contributed by atoms with van der Waals surface area (Å²) in [6.45, 7) is 6.12. The van der Waals surface area contributed by atoms with Gasteiger partial charge in [0, 0.05) is 25.6 Å². The van der Waals surface area contributed by atoms with Crippen LogP contribution in [0, 0.1) is 6.92 Å². The summed E-state index contributed by atoms with van der Waals surface area (Å²) in [7, 11) is 1.97. The summed E-state index contributed by atoms with van der Waals surface area (Å²) in [4.78, 5) is 4.82. The van der Waals surface area contributed by atoms with E-state index in [1.807, 2.05) is 36.7 Å². The van der Waals surface area contributed by atoms with Gasteiger partial charge in [-0.05, 0) is 41.3 Å². The number of benzene rings is 1. The number of hydrogen-bond donors (Lipinski definition) is 2. The van der Waals surface area contributed by atoms with Crippen LogP contribution in [0.5, 0.6) is 5.75 Å². The van der Waals surface area contributed by atoms with E-state index >= 15 is 0 Å². The van der Waals surface area contributed by atoms with Crippen molar-refractivity contribution in [3.8, 4) is 5.75 Å². The highest BCUT2D eigenvalue weighted by Gasteiger charge is 2.22. The van der Waals surface area contributed by atoms with Gasteiger partial charge in [-0.2, -0.15) is 11.3 Å². The topological polar surface area (TPSA) is 76.4 Å². The second kappa shape index (κ2) is 10.9. The van der Waals surface area contributed by atoms with E-state index < -0.39 is 0 Å². The second-order valence-corrected chi connectivity index (χ2v) is 8.38. The van der Waals surface area contributed by atoms with E-state index in [2.05, 4.69) is 50.6 Å². The van der Waals surface area contributed by atoms with Gasteiger partial charge in [0.2, 0.25) is 0 Å². The molecule has 3 heterocycles. The third-order valence-corrected chi connectivity index (χ3v) is 6.22. The van der Waals surface area contributed by atoms with Gasteiger partial charge < -0.3 is 19.9 Å². The molecule has 1 aliphatic heterocycles. The number of ether oxygens (including phenoxy) is 1. The number of rotatable bonds is 6. The standard InChI is InChI=1S/C22H28N6OS.HI/c1-15(17-9-11-30-14-17)12-23-22(24-13-21-27-26-16(2)28(21)3)25-19-8-10-29-20-7-5-4-6-18(19)20;/h4-7,9,11,14-15,19H,8,10,12-13H2,1-3H3,(H2,23,24,25);1H. The van der Waals surface area contributed by atoms with E-state index in [0.717, 1.165) is 36.3 Å². The molecule has 0 saturated carbocycles. The summed E-state index contributed by atoms with van der Waals surface area (Å²) >= 11 is 1.73. The molecule has 2 N–H and O–H groups in total. The lowest BCUT2D eigenvalue weighted by Gasteiger charge is -2.28. The Morgan fingerprint density at radius 1 is 1.32 bits per heavy atom. The molecule has 166 valence electrons. The Hall–Kier alpha value is -2.14. The zero-order valence-corrected chi connectivity index (χ0v) is 21.2. The number of thiophene rings is 1. The van der Waals surface area contributed by atoms with E-state index in [0.29, 0.717) is 19.1 Å². The molecule has 0 spiro atoms. The zero-order chi connectivity index (χ0) is 20.9. The minimum Gasteiger partial charge on any atom is -0.493 e. The van der Waals surface area contributed by atoms with Crippen LogP contribution in [0.3, 0.4) is 0 Å². The smallest absolute Gasteiger partial charge is 0.192 e. The number of guanidine groups is 1. The molecule has 0 aliphatic carbocycles. The summed E-state index contributed by atoms with van der Waals surface area (Å²) in [5, 5.41) is 19.8. The van der Waals surface area contributed by atoms with Crippen LogP contribution >= 0.6 is 35.3 Å². The van der Waals surface area contributed by atoms with Crippen LogP contribution in [-0.4, -0.2) is 33.9 Å². The van der Waals surface area contributed by atoms with E-state index in [1.165, 1.54) is 11.1 Å². The lowest BCUT2D eigenvalue weighted by atomic mass is 10.0. The molecule has 3 aromatic rings. The predicted molar refractivity (Wildman–Crippen MR) is 135 cm³/mol. The Labute approximate surface area is 204 Å². The van der Waals surface area contributed by atoms with E-state index in [4.69, 9.17) is 9.73 Å². The fraction of sp³-hybridized carbons (Fsp3) is 0.409. The highest BCUT2D eigenvalue weighted by molar-refractivity contribution is 14.0. The fourth-order valence-corrected chi connectivity index (χ4v) is 4.25. The average molecular weight is 552 g/mol. The van der Waals surface area contributed by atoms with Crippen LogP contribution in [0.2, 0.25) is 0 Å². The van der Waals surface area contributed by atoms with Crippen LogP contribution in [0.4, 0.5) is 0 Å². The second-order valence-electron chi connectivity index (χ2n) is 7.60. The Bertz CT molecular complexity index is 1000. The number of hydrogen-bond acceptors (Lipinski definition) is 5.